The molecule has 2 atom stereocenters. The number of benzene rings is 3. The van der Waals surface area contributed by atoms with Gasteiger partial charge in [0.1, 0.15) is 23.4 Å². The van der Waals surface area contributed by atoms with Crippen LogP contribution in [0.1, 0.15) is 29.7 Å². The van der Waals surface area contributed by atoms with E-state index < -0.39 is 24.0 Å². The maximum Gasteiger partial charge on any atom is 0.411 e. The highest BCUT2D eigenvalue weighted by molar-refractivity contribution is 9.10. The molecule has 6 nitrogen and oxygen atoms in total. The molecule has 0 unspecified atom stereocenters. The molecule has 1 aliphatic heterocycles. The van der Waals surface area contributed by atoms with Crippen LogP contribution in [0, 0.1) is 5.82 Å². The Morgan fingerprint density at radius 3 is 2.64 bits per heavy atom. The van der Waals surface area contributed by atoms with Crippen LogP contribution in [0.25, 0.3) is 0 Å². The van der Waals surface area contributed by atoms with Gasteiger partial charge in [0.25, 0.3) is 0 Å². The Bertz CT molecular complexity index is 1190. The summed E-state index contributed by atoms with van der Waals surface area (Å²) >= 11 is 3.44. The smallest absolute Gasteiger partial charge is 0.411 e. The second-order valence-corrected chi connectivity index (χ2v) is 8.72. The Morgan fingerprint density at radius 1 is 1.15 bits per heavy atom. The number of carboxylic acids is 1. The normalized spacial score (nSPS) is 17.7. The van der Waals surface area contributed by atoms with E-state index in [-0.39, 0.29) is 24.8 Å². The van der Waals surface area contributed by atoms with Gasteiger partial charge in [-0.05, 0) is 48.4 Å². The number of hydrogen-bond acceptors (Lipinski definition) is 4. The number of amides is 1. The number of carbonyl (C=O) groups is 2. The summed E-state index contributed by atoms with van der Waals surface area (Å²) in [7, 11) is 0. The van der Waals surface area contributed by atoms with E-state index in [2.05, 4.69) is 15.9 Å². The van der Waals surface area contributed by atoms with Gasteiger partial charge >= 0.3 is 12.1 Å². The fraction of sp³-hybridized carbons (Fsp3) is 0.200. The summed E-state index contributed by atoms with van der Waals surface area (Å²) in [6.07, 6.45) is -1.15. The van der Waals surface area contributed by atoms with Gasteiger partial charge in [-0.25, -0.2) is 9.18 Å². The van der Waals surface area contributed by atoms with Crippen molar-refractivity contribution in [2.24, 2.45) is 0 Å². The molecule has 0 aliphatic carbocycles. The lowest BCUT2D eigenvalue weighted by Gasteiger charge is -2.22. The van der Waals surface area contributed by atoms with Gasteiger partial charge in [-0.2, -0.15) is 0 Å². The van der Waals surface area contributed by atoms with Crippen molar-refractivity contribution in [3.05, 3.63) is 93.7 Å². The number of rotatable bonds is 7. The molecular formula is C25H21BrFNO5. The van der Waals surface area contributed by atoms with E-state index in [0.717, 1.165) is 16.1 Å². The van der Waals surface area contributed by atoms with Crippen molar-refractivity contribution in [3.8, 4) is 11.5 Å². The molecule has 1 amide bonds. The summed E-state index contributed by atoms with van der Waals surface area (Å²) in [5, 5.41) is 9.01. The second-order valence-electron chi connectivity index (χ2n) is 7.80. The van der Waals surface area contributed by atoms with Crippen molar-refractivity contribution in [1.29, 1.82) is 0 Å². The first-order valence-electron chi connectivity index (χ1n) is 10.3. The summed E-state index contributed by atoms with van der Waals surface area (Å²) in [4.78, 5) is 25.3. The topological polar surface area (TPSA) is 76.1 Å². The van der Waals surface area contributed by atoms with Gasteiger partial charge in [0.15, 0.2) is 0 Å². The van der Waals surface area contributed by atoms with Crippen LogP contribution in [0.15, 0.2) is 71.2 Å². The van der Waals surface area contributed by atoms with Gasteiger partial charge in [0, 0.05) is 16.1 Å². The highest BCUT2D eigenvalue weighted by Crippen LogP contribution is 2.36. The van der Waals surface area contributed by atoms with Crippen LogP contribution in [0.5, 0.6) is 11.5 Å². The zero-order valence-electron chi connectivity index (χ0n) is 17.7. The van der Waals surface area contributed by atoms with E-state index in [0.29, 0.717) is 16.9 Å². The van der Waals surface area contributed by atoms with Crippen LogP contribution in [0.4, 0.5) is 9.18 Å². The fourth-order valence-corrected chi connectivity index (χ4v) is 4.25. The second kappa shape index (κ2) is 9.62. The van der Waals surface area contributed by atoms with Crippen LogP contribution in [0.2, 0.25) is 0 Å². The predicted octanol–water partition coefficient (Wildman–Crippen LogP) is 6.09. The van der Waals surface area contributed by atoms with Crippen LogP contribution in [-0.2, 0) is 22.5 Å². The van der Waals surface area contributed by atoms with Gasteiger partial charge in [-0.3, -0.25) is 9.69 Å². The first kappa shape index (κ1) is 22.8. The minimum atomic E-state index is -1.06. The summed E-state index contributed by atoms with van der Waals surface area (Å²) in [6.45, 7) is 2.14. The summed E-state index contributed by atoms with van der Waals surface area (Å²) in [5.74, 6) is -1.06. The zero-order chi connectivity index (χ0) is 23.5. The summed E-state index contributed by atoms with van der Waals surface area (Å²) < 4.78 is 26.4. The quantitative estimate of drug-likeness (QED) is 0.413. The predicted molar refractivity (Wildman–Crippen MR) is 123 cm³/mol. The van der Waals surface area contributed by atoms with Crippen molar-refractivity contribution < 1.29 is 28.6 Å². The molecule has 0 radical (unpaired) electrons. The highest BCUT2D eigenvalue weighted by Gasteiger charge is 2.39. The molecular weight excluding hydrogens is 493 g/mol. The third-order valence-corrected chi connectivity index (χ3v) is 5.89. The first-order chi connectivity index (χ1) is 15.8. The van der Waals surface area contributed by atoms with Gasteiger partial charge in [0.05, 0.1) is 19.0 Å². The van der Waals surface area contributed by atoms with Crippen LogP contribution in [-0.4, -0.2) is 28.1 Å². The molecule has 33 heavy (non-hydrogen) atoms. The number of carboxylic acid groups (broad SMARTS) is 1. The molecule has 0 saturated carbocycles. The molecule has 1 heterocycles. The van der Waals surface area contributed by atoms with E-state index in [9.17, 15) is 14.0 Å². The monoisotopic (exact) mass is 513 g/mol. The number of nitrogens with zero attached hydrogens (tertiary/aromatic N) is 1. The molecule has 1 N–H and O–H groups in total. The Hall–Kier alpha value is -3.39. The molecule has 3 aromatic rings. The lowest BCUT2D eigenvalue weighted by molar-refractivity contribution is -0.136. The van der Waals surface area contributed by atoms with Crippen LogP contribution in [0.3, 0.4) is 0 Å². The zero-order valence-corrected chi connectivity index (χ0v) is 19.3. The van der Waals surface area contributed by atoms with Crippen molar-refractivity contribution in [3.63, 3.8) is 0 Å². The first-order valence-corrected chi connectivity index (χ1v) is 11.1. The number of hydrogen-bond donors (Lipinski definition) is 1. The average molecular weight is 514 g/mol. The van der Waals surface area contributed by atoms with E-state index in [1.54, 1.807) is 17.0 Å². The molecule has 8 heteroatoms. The summed E-state index contributed by atoms with van der Waals surface area (Å²) in [6, 6.07) is 18.5. The van der Waals surface area contributed by atoms with Crippen LogP contribution >= 0.6 is 15.9 Å². The molecule has 170 valence electrons. The Kier molecular flexibility index (Phi) is 6.65. The van der Waals surface area contributed by atoms with Crippen molar-refractivity contribution >= 4 is 28.0 Å². The third kappa shape index (κ3) is 5.34. The minimum Gasteiger partial charge on any atom is -0.481 e. The molecule has 0 spiro atoms. The van der Waals surface area contributed by atoms with E-state index in [1.165, 1.54) is 12.1 Å². The Labute approximate surface area is 198 Å². The molecule has 1 aliphatic rings. The van der Waals surface area contributed by atoms with Crippen molar-refractivity contribution in [1.82, 2.24) is 4.90 Å². The molecule has 4 rings (SSSR count). The average Bonchev–Trinajstić information content (AvgIpc) is 3.03. The van der Waals surface area contributed by atoms with Crippen molar-refractivity contribution in [2.75, 3.05) is 0 Å². The molecule has 1 fully saturated rings. The number of aliphatic carboxylic acids is 1. The largest absolute Gasteiger partial charge is 0.481 e. The standard InChI is InChI=1S/C25H21BrFNO5/c1-15-24(17-5-3-2-4-6-17)33-25(31)28(15)14-18-12-19(26)7-8-22(18)32-21-10-16(11-23(29)30)9-20(27)13-21/h2-10,12-13,15,24H,11,14H2,1H3,(H,29,30)/t15-,24-/m0/s1. The Morgan fingerprint density at radius 2 is 1.91 bits per heavy atom. The SMILES string of the molecule is C[C@H]1[C@@H](c2ccccc2)OC(=O)N1Cc1cc(Br)ccc1Oc1cc(F)cc(CC(=O)O)c1. The number of halogens is 2. The maximum atomic E-state index is 14.0. The molecule has 0 aromatic heterocycles. The lowest BCUT2D eigenvalue weighted by atomic mass is 10.0. The lowest BCUT2D eigenvalue weighted by Crippen LogP contribution is -2.31. The van der Waals surface area contributed by atoms with E-state index >= 15 is 0 Å². The molecule has 1 saturated heterocycles. The number of cyclic esters (lactones) is 1. The molecule has 0 bridgehead atoms. The fourth-order valence-electron chi connectivity index (χ4n) is 3.84. The minimum absolute atomic E-state index is 0.175. The number of ether oxygens (including phenoxy) is 2. The van der Waals surface area contributed by atoms with Gasteiger partial charge in [-0.15, -0.1) is 0 Å². The van der Waals surface area contributed by atoms with Gasteiger partial charge in [-0.1, -0.05) is 46.3 Å². The van der Waals surface area contributed by atoms with E-state index in [1.807, 2.05) is 43.3 Å². The van der Waals surface area contributed by atoms with Crippen molar-refractivity contribution in [2.45, 2.75) is 32.0 Å². The third-order valence-electron chi connectivity index (χ3n) is 5.40. The Balaban J connectivity index is 1.59. The van der Waals surface area contributed by atoms with Crippen LogP contribution < -0.4 is 4.74 Å². The van der Waals surface area contributed by atoms with E-state index in [4.69, 9.17) is 14.6 Å². The van der Waals surface area contributed by atoms with Gasteiger partial charge < -0.3 is 14.6 Å². The summed E-state index contributed by atoms with van der Waals surface area (Å²) in [5.41, 5.74) is 1.89. The van der Waals surface area contributed by atoms with Gasteiger partial charge in [0.2, 0.25) is 0 Å². The maximum absolute atomic E-state index is 14.0. The number of carbonyl (C=O) groups excluding carboxylic acids is 1. The highest BCUT2D eigenvalue weighted by atomic mass is 79.9. The molecule has 3 aromatic carbocycles.